The van der Waals surface area contributed by atoms with Crippen LogP contribution in [0, 0.1) is 0 Å². The Bertz CT molecular complexity index is 920. The van der Waals surface area contributed by atoms with Crippen molar-refractivity contribution in [3.05, 3.63) is 48.0 Å². The van der Waals surface area contributed by atoms with Gasteiger partial charge in [-0.3, -0.25) is 9.11 Å². The molecule has 1 N–H and O–H groups in total. The van der Waals surface area contributed by atoms with Crippen LogP contribution in [0.4, 0.5) is 5.95 Å². The Kier molecular flexibility index (Phi) is 5.45. The Morgan fingerprint density at radius 2 is 1.93 bits per heavy atom. The molecule has 0 bridgehead atoms. The molecule has 7 nitrogen and oxygen atoms in total. The van der Waals surface area contributed by atoms with Crippen LogP contribution in [0.2, 0.25) is 0 Å². The van der Waals surface area contributed by atoms with Crippen LogP contribution >= 0.6 is 0 Å². The number of H-pyrrole nitrogens is 1. The molecule has 3 heterocycles. The van der Waals surface area contributed by atoms with Gasteiger partial charge in [0.2, 0.25) is 5.95 Å². The molecule has 0 aliphatic carbocycles. The molecule has 0 amide bonds. The zero-order valence-corrected chi connectivity index (χ0v) is 16.3. The molecule has 0 spiro atoms. The van der Waals surface area contributed by atoms with E-state index in [0.29, 0.717) is 5.75 Å². The van der Waals surface area contributed by atoms with Crippen molar-refractivity contribution in [2.24, 2.45) is 0 Å². The zero-order valence-electron chi connectivity index (χ0n) is 15.5. The maximum absolute atomic E-state index is 11.4. The minimum absolute atomic E-state index is 0.472. The third kappa shape index (κ3) is 4.51. The SMILES string of the molecule is CS(=O)Cc1nc2ccc(CCN3CCN(c4ncccn4)CC3)cc2[nH]1. The number of nitrogens with one attached hydrogen (secondary N) is 1. The number of hydrogen-bond acceptors (Lipinski definition) is 6. The van der Waals surface area contributed by atoms with E-state index in [1.165, 1.54) is 5.56 Å². The lowest BCUT2D eigenvalue weighted by Gasteiger charge is -2.34. The van der Waals surface area contributed by atoms with Gasteiger partial charge in [-0.1, -0.05) is 6.07 Å². The van der Waals surface area contributed by atoms with Gasteiger partial charge in [0, 0.05) is 62.2 Å². The van der Waals surface area contributed by atoms with Crippen LogP contribution in [0.1, 0.15) is 11.4 Å². The fraction of sp³-hybridized carbons (Fsp3) is 0.421. The summed E-state index contributed by atoms with van der Waals surface area (Å²) in [5, 5.41) is 0. The molecule has 8 heteroatoms. The molecule has 1 unspecified atom stereocenters. The average Bonchev–Trinajstić information content (AvgIpc) is 3.08. The number of imidazole rings is 1. The van der Waals surface area contributed by atoms with Crippen LogP contribution in [0.3, 0.4) is 0 Å². The molecule has 1 aromatic carbocycles. The largest absolute Gasteiger partial charge is 0.341 e. The summed E-state index contributed by atoms with van der Waals surface area (Å²) in [6.07, 6.45) is 6.29. The first-order valence-electron chi connectivity index (χ1n) is 9.19. The molecule has 1 atom stereocenters. The van der Waals surface area contributed by atoms with Crippen LogP contribution in [-0.4, -0.2) is 68.0 Å². The second kappa shape index (κ2) is 8.14. The van der Waals surface area contributed by atoms with E-state index in [1.54, 1.807) is 18.6 Å². The molecule has 0 saturated carbocycles. The van der Waals surface area contributed by atoms with E-state index >= 15 is 0 Å². The van der Waals surface area contributed by atoms with Crippen molar-refractivity contribution in [1.29, 1.82) is 0 Å². The Morgan fingerprint density at radius 3 is 2.67 bits per heavy atom. The molecule has 4 rings (SSSR count). The van der Waals surface area contributed by atoms with Gasteiger partial charge in [-0.15, -0.1) is 0 Å². The summed E-state index contributed by atoms with van der Waals surface area (Å²) < 4.78 is 11.4. The molecule has 1 aliphatic rings. The van der Waals surface area contributed by atoms with Crippen molar-refractivity contribution in [1.82, 2.24) is 24.8 Å². The number of fused-ring (bicyclic) bond motifs is 1. The number of piperazine rings is 1. The van der Waals surface area contributed by atoms with Crippen molar-refractivity contribution in [3.63, 3.8) is 0 Å². The number of benzene rings is 1. The Labute approximate surface area is 161 Å². The summed E-state index contributed by atoms with van der Waals surface area (Å²) >= 11 is 0. The Balaban J connectivity index is 1.32. The van der Waals surface area contributed by atoms with Gasteiger partial charge < -0.3 is 9.88 Å². The van der Waals surface area contributed by atoms with E-state index in [1.807, 2.05) is 12.1 Å². The van der Waals surface area contributed by atoms with Crippen molar-refractivity contribution in [3.8, 4) is 0 Å². The van der Waals surface area contributed by atoms with Gasteiger partial charge >= 0.3 is 0 Å². The number of aromatic amines is 1. The Hall–Kier alpha value is -2.32. The molecule has 27 heavy (non-hydrogen) atoms. The van der Waals surface area contributed by atoms with E-state index < -0.39 is 10.8 Å². The first-order valence-corrected chi connectivity index (χ1v) is 10.9. The highest BCUT2D eigenvalue weighted by Gasteiger charge is 2.18. The molecule has 0 radical (unpaired) electrons. The van der Waals surface area contributed by atoms with E-state index in [9.17, 15) is 4.21 Å². The summed E-state index contributed by atoms with van der Waals surface area (Å²) in [6, 6.07) is 8.21. The summed E-state index contributed by atoms with van der Waals surface area (Å²) in [6.45, 7) is 5.01. The standard InChI is InChI=1S/C19H24N6OS/c1-27(26)14-18-22-16-4-3-15(13-17(16)23-18)5-8-24-9-11-25(12-10-24)19-20-6-2-7-21-19/h2-4,6-7,13H,5,8-12,14H2,1H3,(H,22,23). The van der Waals surface area contributed by atoms with Gasteiger partial charge in [0.25, 0.3) is 0 Å². The lowest BCUT2D eigenvalue weighted by atomic mass is 10.1. The van der Waals surface area contributed by atoms with Crippen LogP contribution < -0.4 is 4.90 Å². The number of anilines is 1. The van der Waals surface area contributed by atoms with Crippen molar-refractivity contribution < 1.29 is 4.21 Å². The number of hydrogen-bond donors (Lipinski definition) is 1. The van der Waals surface area contributed by atoms with Gasteiger partial charge in [-0.05, 0) is 30.2 Å². The minimum Gasteiger partial charge on any atom is -0.341 e. The fourth-order valence-electron chi connectivity index (χ4n) is 3.44. The van der Waals surface area contributed by atoms with Gasteiger partial charge in [0.05, 0.1) is 16.8 Å². The molecule has 1 aliphatic heterocycles. The van der Waals surface area contributed by atoms with E-state index in [0.717, 1.165) is 62.0 Å². The highest BCUT2D eigenvalue weighted by atomic mass is 32.2. The number of rotatable bonds is 6. The van der Waals surface area contributed by atoms with Gasteiger partial charge in [-0.25, -0.2) is 15.0 Å². The fourth-order valence-corrected chi connectivity index (χ4v) is 3.96. The number of nitrogens with zero attached hydrogens (tertiary/aromatic N) is 5. The predicted octanol–water partition coefficient (Wildman–Crippen LogP) is 1.60. The maximum atomic E-state index is 11.4. The first kappa shape index (κ1) is 18.1. The molecule has 1 saturated heterocycles. The monoisotopic (exact) mass is 384 g/mol. The van der Waals surface area contributed by atoms with Gasteiger partial charge in [0.15, 0.2) is 0 Å². The second-order valence-electron chi connectivity index (χ2n) is 6.88. The van der Waals surface area contributed by atoms with Gasteiger partial charge in [-0.2, -0.15) is 0 Å². The lowest BCUT2D eigenvalue weighted by Crippen LogP contribution is -2.47. The average molecular weight is 385 g/mol. The molecule has 3 aromatic rings. The third-order valence-electron chi connectivity index (χ3n) is 4.86. The summed E-state index contributed by atoms with van der Waals surface area (Å²) in [5.41, 5.74) is 3.26. The molecule has 142 valence electrons. The highest BCUT2D eigenvalue weighted by molar-refractivity contribution is 7.83. The number of aromatic nitrogens is 4. The van der Waals surface area contributed by atoms with Crippen LogP contribution in [0.25, 0.3) is 11.0 Å². The van der Waals surface area contributed by atoms with Crippen molar-refractivity contribution in [2.45, 2.75) is 12.2 Å². The Morgan fingerprint density at radius 1 is 1.15 bits per heavy atom. The van der Waals surface area contributed by atoms with Gasteiger partial charge in [0.1, 0.15) is 5.82 Å². The topological polar surface area (TPSA) is 78.0 Å². The molecule has 2 aromatic heterocycles. The zero-order chi connectivity index (χ0) is 18.6. The van der Waals surface area contributed by atoms with E-state index in [2.05, 4.69) is 41.9 Å². The third-order valence-corrected chi connectivity index (χ3v) is 5.54. The lowest BCUT2D eigenvalue weighted by molar-refractivity contribution is 0.260. The summed E-state index contributed by atoms with van der Waals surface area (Å²) in [7, 11) is -0.886. The molecular weight excluding hydrogens is 360 g/mol. The molecule has 1 fully saturated rings. The summed E-state index contributed by atoms with van der Waals surface area (Å²) in [4.78, 5) is 21.2. The van der Waals surface area contributed by atoms with E-state index in [4.69, 9.17) is 0 Å². The quantitative estimate of drug-likeness (QED) is 0.696. The van der Waals surface area contributed by atoms with Crippen molar-refractivity contribution in [2.75, 3.05) is 43.9 Å². The van der Waals surface area contributed by atoms with E-state index in [-0.39, 0.29) is 0 Å². The smallest absolute Gasteiger partial charge is 0.225 e. The molecular formula is C19H24N6OS. The van der Waals surface area contributed by atoms with Crippen LogP contribution in [0.15, 0.2) is 36.7 Å². The second-order valence-corrected chi connectivity index (χ2v) is 8.32. The van der Waals surface area contributed by atoms with Crippen LogP contribution in [0.5, 0.6) is 0 Å². The highest BCUT2D eigenvalue weighted by Crippen LogP contribution is 2.16. The normalized spacial score (nSPS) is 16.7. The predicted molar refractivity (Wildman–Crippen MR) is 108 cm³/mol. The summed E-state index contributed by atoms with van der Waals surface area (Å²) in [5.74, 6) is 2.09. The van der Waals surface area contributed by atoms with Crippen molar-refractivity contribution >= 4 is 27.8 Å². The van der Waals surface area contributed by atoms with Crippen LogP contribution in [-0.2, 0) is 23.0 Å². The first-order chi connectivity index (χ1) is 13.2. The minimum atomic E-state index is -0.886. The maximum Gasteiger partial charge on any atom is 0.225 e.